The molecule has 2 fully saturated rings. The third-order valence-electron chi connectivity index (χ3n) is 4.91. The highest BCUT2D eigenvalue weighted by molar-refractivity contribution is 5.85. The second-order valence-corrected chi connectivity index (χ2v) is 6.20. The first-order valence-corrected chi connectivity index (χ1v) is 8.60. The summed E-state index contributed by atoms with van der Waals surface area (Å²) >= 11 is 0. The van der Waals surface area contributed by atoms with E-state index >= 15 is 0 Å². The van der Waals surface area contributed by atoms with Crippen molar-refractivity contribution in [2.75, 3.05) is 39.3 Å². The molecule has 2 rings (SSSR count). The molecule has 2 N–H and O–H groups in total. The number of nitrogens with one attached hydrogen (secondary N) is 2. The molecule has 0 saturated carbocycles. The van der Waals surface area contributed by atoms with E-state index in [0.29, 0.717) is 25.1 Å². The predicted octanol–water partition coefficient (Wildman–Crippen LogP) is 1.84. The van der Waals surface area contributed by atoms with Crippen LogP contribution < -0.4 is 10.6 Å². The van der Waals surface area contributed by atoms with Crippen LogP contribution >= 0.6 is 24.8 Å². The van der Waals surface area contributed by atoms with E-state index in [1.54, 1.807) is 0 Å². The lowest BCUT2D eigenvalue weighted by Gasteiger charge is -2.34. The highest BCUT2D eigenvalue weighted by atomic mass is 35.5. The van der Waals surface area contributed by atoms with Crippen LogP contribution in [0.25, 0.3) is 0 Å². The maximum Gasteiger partial charge on any atom is 0.250 e. The summed E-state index contributed by atoms with van der Waals surface area (Å²) in [4.78, 5) is 14.8. The monoisotopic (exact) mass is 369 g/mol. The minimum absolute atomic E-state index is 0. The Bertz CT molecular complexity index is 316. The summed E-state index contributed by atoms with van der Waals surface area (Å²) in [5.74, 6) is 0.700. The van der Waals surface area contributed by atoms with Gasteiger partial charge < -0.3 is 15.4 Å². The van der Waals surface area contributed by atoms with E-state index in [1.165, 1.54) is 38.8 Å². The van der Waals surface area contributed by atoms with Gasteiger partial charge in [-0.05, 0) is 31.8 Å². The second-order valence-electron chi connectivity index (χ2n) is 6.20. The SMILES string of the molecule is CCC(CC)C(CNC(=O)[C@H]1CNCCO1)N1CCCC1.Cl.Cl. The summed E-state index contributed by atoms with van der Waals surface area (Å²) < 4.78 is 5.52. The van der Waals surface area contributed by atoms with Crippen molar-refractivity contribution in [2.24, 2.45) is 5.92 Å². The van der Waals surface area contributed by atoms with Gasteiger partial charge in [0.1, 0.15) is 6.10 Å². The molecule has 0 aromatic carbocycles. The van der Waals surface area contributed by atoms with E-state index in [1.807, 2.05) is 0 Å². The Hall–Kier alpha value is -0.0700. The van der Waals surface area contributed by atoms with Crippen molar-refractivity contribution in [2.45, 2.75) is 51.7 Å². The number of ether oxygens (including phenoxy) is 1. The first kappa shape index (κ1) is 22.9. The Morgan fingerprint density at radius 2 is 1.91 bits per heavy atom. The second kappa shape index (κ2) is 12.3. The van der Waals surface area contributed by atoms with Crippen LogP contribution in [0.3, 0.4) is 0 Å². The van der Waals surface area contributed by atoms with E-state index in [2.05, 4.69) is 29.4 Å². The van der Waals surface area contributed by atoms with Crippen LogP contribution in [0.15, 0.2) is 0 Å². The summed E-state index contributed by atoms with van der Waals surface area (Å²) in [6.07, 6.45) is 4.62. The highest BCUT2D eigenvalue weighted by Gasteiger charge is 2.29. The number of amides is 1. The normalized spacial score (nSPS) is 23.0. The minimum Gasteiger partial charge on any atom is -0.366 e. The number of rotatable bonds is 7. The first-order valence-electron chi connectivity index (χ1n) is 8.60. The molecular weight excluding hydrogens is 337 g/mol. The maximum absolute atomic E-state index is 12.2. The van der Waals surface area contributed by atoms with E-state index < -0.39 is 0 Å². The van der Waals surface area contributed by atoms with E-state index in [4.69, 9.17) is 4.74 Å². The molecule has 5 nitrogen and oxygen atoms in total. The highest BCUT2D eigenvalue weighted by Crippen LogP contribution is 2.22. The minimum atomic E-state index is -0.320. The maximum atomic E-state index is 12.2. The summed E-state index contributed by atoms with van der Waals surface area (Å²) in [5.41, 5.74) is 0. The first-order chi connectivity index (χ1) is 10.3. The van der Waals surface area contributed by atoms with Crippen LogP contribution in [0.5, 0.6) is 0 Å². The fourth-order valence-corrected chi connectivity index (χ4v) is 3.55. The molecule has 0 spiro atoms. The van der Waals surface area contributed by atoms with Gasteiger partial charge in [0, 0.05) is 25.7 Å². The van der Waals surface area contributed by atoms with Gasteiger partial charge in [0.15, 0.2) is 0 Å². The van der Waals surface area contributed by atoms with Gasteiger partial charge in [0.05, 0.1) is 6.61 Å². The van der Waals surface area contributed by atoms with E-state index in [9.17, 15) is 4.79 Å². The molecule has 2 heterocycles. The van der Waals surface area contributed by atoms with Gasteiger partial charge in [0.2, 0.25) is 0 Å². The van der Waals surface area contributed by atoms with Gasteiger partial charge in [-0.1, -0.05) is 26.7 Å². The van der Waals surface area contributed by atoms with E-state index in [-0.39, 0.29) is 36.8 Å². The average Bonchev–Trinajstić information content (AvgIpc) is 3.06. The molecule has 2 aliphatic heterocycles. The van der Waals surface area contributed by atoms with Crippen LogP contribution in [0, 0.1) is 5.92 Å². The van der Waals surface area contributed by atoms with Crippen molar-refractivity contribution in [1.82, 2.24) is 15.5 Å². The number of hydrogen-bond acceptors (Lipinski definition) is 4. The number of nitrogens with zero attached hydrogens (tertiary/aromatic N) is 1. The lowest BCUT2D eigenvalue weighted by Crippen LogP contribution is -2.52. The molecule has 23 heavy (non-hydrogen) atoms. The Morgan fingerprint density at radius 3 is 2.43 bits per heavy atom. The number of carbonyl (C=O) groups is 1. The molecule has 138 valence electrons. The molecule has 2 atom stereocenters. The molecule has 0 aromatic rings. The van der Waals surface area contributed by atoms with Gasteiger partial charge >= 0.3 is 0 Å². The quantitative estimate of drug-likeness (QED) is 0.718. The Labute approximate surface area is 153 Å². The number of hydrogen-bond donors (Lipinski definition) is 2. The van der Waals surface area contributed by atoms with Crippen LogP contribution in [0.4, 0.5) is 0 Å². The van der Waals surface area contributed by atoms with Crippen molar-refractivity contribution in [1.29, 1.82) is 0 Å². The van der Waals surface area contributed by atoms with Crippen molar-refractivity contribution < 1.29 is 9.53 Å². The van der Waals surface area contributed by atoms with Crippen molar-refractivity contribution >= 4 is 30.7 Å². The molecular formula is C16H33Cl2N3O2. The zero-order valence-corrected chi connectivity index (χ0v) is 16.0. The summed E-state index contributed by atoms with van der Waals surface area (Å²) in [6, 6.07) is 0.475. The molecule has 1 unspecified atom stereocenters. The van der Waals surface area contributed by atoms with Gasteiger partial charge in [-0.3, -0.25) is 9.69 Å². The zero-order chi connectivity index (χ0) is 15.1. The molecule has 1 amide bonds. The number of carbonyl (C=O) groups excluding carboxylic acids is 1. The predicted molar refractivity (Wildman–Crippen MR) is 98.8 cm³/mol. The van der Waals surface area contributed by atoms with Crippen LogP contribution in [0.2, 0.25) is 0 Å². The third kappa shape index (κ3) is 6.75. The van der Waals surface area contributed by atoms with Gasteiger partial charge in [-0.25, -0.2) is 0 Å². The van der Waals surface area contributed by atoms with Crippen LogP contribution in [-0.4, -0.2) is 62.3 Å². The Balaban J connectivity index is 0.00000242. The van der Waals surface area contributed by atoms with Crippen LogP contribution in [0.1, 0.15) is 39.5 Å². The van der Waals surface area contributed by atoms with E-state index in [0.717, 1.165) is 13.1 Å². The molecule has 0 radical (unpaired) electrons. The summed E-state index contributed by atoms with van der Waals surface area (Å²) in [5, 5.41) is 6.34. The molecule has 2 saturated heterocycles. The largest absolute Gasteiger partial charge is 0.366 e. The zero-order valence-electron chi connectivity index (χ0n) is 14.4. The van der Waals surface area contributed by atoms with Crippen LogP contribution in [-0.2, 0) is 9.53 Å². The summed E-state index contributed by atoms with van der Waals surface area (Å²) in [7, 11) is 0. The fourth-order valence-electron chi connectivity index (χ4n) is 3.55. The van der Waals surface area contributed by atoms with Gasteiger partial charge in [-0.15, -0.1) is 24.8 Å². The Morgan fingerprint density at radius 1 is 1.26 bits per heavy atom. The van der Waals surface area contributed by atoms with Gasteiger partial charge in [-0.2, -0.15) is 0 Å². The van der Waals surface area contributed by atoms with Gasteiger partial charge in [0.25, 0.3) is 5.91 Å². The average molecular weight is 370 g/mol. The number of halogens is 2. The molecule has 0 aliphatic carbocycles. The van der Waals surface area contributed by atoms with Crippen molar-refractivity contribution in [3.8, 4) is 0 Å². The smallest absolute Gasteiger partial charge is 0.250 e. The lowest BCUT2D eigenvalue weighted by molar-refractivity contribution is -0.134. The molecule has 7 heteroatoms. The number of likely N-dealkylation sites (tertiary alicyclic amines) is 1. The third-order valence-corrected chi connectivity index (χ3v) is 4.91. The van der Waals surface area contributed by atoms with Crippen molar-refractivity contribution in [3.05, 3.63) is 0 Å². The molecule has 0 bridgehead atoms. The topological polar surface area (TPSA) is 53.6 Å². The Kier molecular flexibility index (Phi) is 12.3. The fraction of sp³-hybridized carbons (Fsp3) is 0.938. The molecule has 0 aromatic heterocycles. The van der Waals surface area contributed by atoms with Crippen molar-refractivity contribution in [3.63, 3.8) is 0 Å². The standard InChI is InChI=1S/C16H31N3O2.2ClH/c1-3-13(4-2)14(19-8-5-6-9-19)11-18-16(20)15-12-17-7-10-21-15;;/h13-15,17H,3-12H2,1-2H3,(H,18,20);2*1H/t14?,15-;;/m1../s1. The summed E-state index contributed by atoms with van der Waals surface area (Å²) in [6.45, 7) is 9.72. The number of morpholine rings is 1. The molecule has 2 aliphatic rings. The lowest BCUT2D eigenvalue weighted by atomic mass is 9.93.